The minimum atomic E-state index is -0.713. The Morgan fingerprint density at radius 1 is 0.451 bits per heavy atom. The molecule has 0 spiro atoms. The van der Waals surface area contributed by atoms with Gasteiger partial charge < -0.3 is 9.84 Å². The second kappa shape index (κ2) is 42.6. The molecule has 0 saturated carbocycles. The molecule has 0 aromatic carbocycles. The van der Waals surface area contributed by atoms with Crippen LogP contribution in [0.4, 0.5) is 0 Å². The number of hydrogen-bond donors (Lipinski definition) is 1. The van der Waals surface area contributed by atoms with Crippen LogP contribution in [-0.2, 0) is 14.3 Å². The van der Waals surface area contributed by atoms with Gasteiger partial charge in [0.1, 0.15) is 6.10 Å². The van der Waals surface area contributed by atoms with Crippen LogP contribution in [0.5, 0.6) is 0 Å². The van der Waals surface area contributed by atoms with E-state index in [9.17, 15) is 9.59 Å². The van der Waals surface area contributed by atoms with Crippen molar-refractivity contribution in [1.29, 1.82) is 0 Å². The maximum Gasteiger partial charge on any atom is 0.306 e. The van der Waals surface area contributed by atoms with Crippen LogP contribution in [0.15, 0.2) is 36.5 Å². The Kier molecular flexibility index (Phi) is 41.0. The Morgan fingerprint density at radius 3 is 1.29 bits per heavy atom. The van der Waals surface area contributed by atoms with E-state index >= 15 is 0 Å². The topological polar surface area (TPSA) is 63.6 Å². The summed E-state index contributed by atoms with van der Waals surface area (Å²) < 4.78 is 5.91. The summed E-state index contributed by atoms with van der Waals surface area (Å²) in [6, 6.07) is 0. The number of carboxylic acid groups (broad SMARTS) is 1. The van der Waals surface area contributed by atoms with Gasteiger partial charge in [-0.15, -0.1) is 0 Å². The van der Waals surface area contributed by atoms with Crippen molar-refractivity contribution in [2.75, 3.05) is 0 Å². The lowest BCUT2D eigenvalue weighted by Gasteiger charge is -2.14. The van der Waals surface area contributed by atoms with E-state index in [0.29, 0.717) is 6.42 Å². The van der Waals surface area contributed by atoms with Crippen molar-refractivity contribution in [3.63, 3.8) is 0 Å². The molecule has 0 saturated heterocycles. The highest BCUT2D eigenvalue weighted by Gasteiger charge is 2.11. The lowest BCUT2D eigenvalue weighted by atomic mass is 10.0. The van der Waals surface area contributed by atoms with E-state index in [2.05, 4.69) is 50.3 Å². The van der Waals surface area contributed by atoms with Crippen molar-refractivity contribution in [2.45, 2.75) is 251 Å². The molecule has 0 bridgehead atoms. The van der Waals surface area contributed by atoms with Crippen molar-refractivity contribution in [2.24, 2.45) is 0 Å². The molecule has 298 valence electrons. The highest BCUT2D eigenvalue weighted by Crippen LogP contribution is 2.17. The minimum Gasteiger partial charge on any atom is -0.481 e. The number of rotatable bonds is 41. The first-order valence-electron chi connectivity index (χ1n) is 22.5. The molecule has 4 nitrogen and oxygen atoms in total. The third kappa shape index (κ3) is 42.5. The molecule has 0 aromatic heterocycles. The van der Waals surface area contributed by atoms with Crippen LogP contribution in [0.3, 0.4) is 0 Å². The van der Waals surface area contributed by atoms with Crippen LogP contribution in [0.2, 0.25) is 0 Å². The van der Waals surface area contributed by atoms with E-state index in [1.165, 1.54) is 154 Å². The molecule has 0 amide bonds. The number of carbonyl (C=O) groups is 2. The Morgan fingerprint density at radius 2 is 0.824 bits per heavy atom. The van der Waals surface area contributed by atoms with Gasteiger partial charge in [0.25, 0.3) is 0 Å². The van der Waals surface area contributed by atoms with Crippen LogP contribution in [0, 0.1) is 0 Å². The average Bonchev–Trinajstić information content (AvgIpc) is 3.12. The van der Waals surface area contributed by atoms with Crippen molar-refractivity contribution < 1.29 is 19.4 Å². The van der Waals surface area contributed by atoms with Gasteiger partial charge >= 0.3 is 11.9 Å². The van der Waals surface area contributed by atoms with Gasteiger partial charge in [-0.3, -0.25) is 9.59 Å². The van der Waals surface area contributed by atoms with Crippen LogP contribution in [0.25, 0.3) is 0 Å². The average molecular weight is 715 g/mol. The number of unbranched alkanes of at least 4 members (excludes halogenated alkanes) is 28. The van der Waals surface area contributed by atoms with Crippen LogP contribution in [-0.4, -0.2) is 23.1 Å². The van der Waals surface area contributed by atoms with Gasteiger partial charge in [-0.1, -0.05) is 211 Å². The molecule has 0 aromatic rings. The molecule has 0 aliphatic rings. The maximum atomic E-state index is 12.7. The third-order valence-electron chi connectivity index (χ3n) is 10.1. The molecular formula is C47H86O4. The number of carboxylic acids is 1. The largest absolute Gasteiger partial charge is 0.481 e. The molecule has 0 aliphatic carbocycles. The molecule has 0 heterocycles. The smallest absolute Gasteiger partial charge is 0.306 e. The Balaban J connectivity index is 3.93. The molecule has 0 rings (SSSR count). The Labute approximate surface area is 318 Å². The maximum absolute atomic E-state index is 12.7. The quantitative estimate of drug-likeness (QED) is 0.0389. The zero-order valence-electron chi connectivity index (χ0n) is 34.2. The van der Waals surface area contributed by atoms with Crippen molar-refractivity contribution >= 4 is 11.9 Å². The van der Waals surface area contributed by atoms with Gasteiger partial charge in [0.15, 0.2) is 0 Å². The molecule has 51 heavy (non-hydrogen) atoms. The van der Waals surface area contributed by atoms with Gasteiger partial charge in [0.05, 0.1) is 0 Å². The highest BCUT2D eigenvalue weighted by molar-refractivity contribution is 5.69. The molecule has 4 heteroatoms. The lowest BCUT2D eigenvalue weighted by Crippen LogP contribution is -2.16. The number of ether oxygens (including phenoxy) is 1. The van der Waals surface area contributed by atoms with Crippen molar-refractivity contribution in [1.82, 2.24) is 0 Å². The molecule has 0 radical (unpaired) electrons. The normalized spacial score (nSPS) is 12.5. The van der Waals surface area contributed by atoms with Crippen LogP contribution < -0.4 is 0 Å². The fraction of sp³-hybridized carbons (Fsp3) is 0.830. The van der Waals surface area contributed by atoms with E-state index in [1.54, 1.807) is 0 Å². The standard InChI is InChI=1S/C47H86O4/c1-3-5-7-9-11-13-15-16-17-18-19-20-21-22-23-24-25-27-29-31-36-40-44-47(50)51-45(42-38-34-32-35-39-43-46(48)49)41-37-33-30-28-26-14-12-10-8-6-4-2/h12,14,28,30,37,41,45H,3-11,13,15-27,29,31-36,38-40,42-44H2,1-2H3,(H,48,49)/b14-12-,30-28-,41-37-. The minimum absolute atomic E-state index is 0.0666. The number of esters is 1. The van der Waals surface area contributed by atoms with E-state index in [0.717, 1.165) is 64.2 Å². The summed E-state index contributed by atoms with van der Waals surface area (Å²) in [5.41, 5.74) is 0. The number of allylic oxidation sites excluding steroid dienone is 5. The lowest BCUT2D eigenvalue weighted by molar-refractivity contribution is -0.147. The van der Waals surface area contributed by atoms with E-state index in [4.69, 9.17) is 9.84 Å². The Hall–Kier alpha value is -1.84. The molecule has 0 fully saturated rings. The Bertz CT molecular complexity index is 813. The molecule has 1 N–H and O–H groups in total. The second-order valence-corrected chi connectivity index (χ2v) is 15.2. The van der Waals surface area contributed by atoms with Crippen molar-refractivity contribution in [3.05, 3.63) is 36.5 Å². The van der Waals surface area contributed by atoms with E-state index < -0.39 is 5.97 Å². The summed E-state index contributed by atoms with van der Waals surface area (Å²) in [5, 5.41) is 8.82. The second-order valence-electron chi connectivity index (χ2n) is 15.2. The summed E-state index contributed by atoms with van der Waals surface area (Å²) in [6.45, 7) is 4.53. The predicted octanol–water partition coefficient (Wildman–Crippen LogP) is 15.7. The van der Waals surface area contributed by atoms with Gasteiger partial charge in [0.2, 0.25) is 0 Å². The van der Waals surface area contributed by atoms with Crippen LogP contribution in [0.1, 0.15) is 245 Å². The first kappa shape index (κ1) is 49.2. The summed E-state index contributed by atoms with van der Waals surface area (Å²) in [4.78, 5) is 23.4. The van der Waals surface area contributed by atoms with Crippen molar-refractivity contribution in [3.8, 4) is 0 Å². The van der Waals surface area contributed by atoms with Gasteiger partial charge in [0, 0.05) is 12.8 Å². The molecule has 1 atom stereocenters. The van der Waals surface area contributed by atoms with Crippen LogP contribution >= 0.6 is 0 Å². The summed E-state index contributed by atoms with van der Waals surface area (Å²) in [7, 11) is 0. The third-order valence-corrected chi connectivity index (χ3v) is 10.1. The summed E-state index contributed by atoms with van der Waals surface area (Å²) >= 11 is 0. The van der Waals surface area contributed by atoms with Gasteiger partial charge in [-0.05, 0) is 57.4 Å². The number of aliphatic carboxylic acids is 1. The molecular weight excluding hydrogens is 629 g/mol. The fourth-order valence-electron chi connectivity index (χ4n) is 6.76. The fourth-order valence-corrected chi connectivity index (χ4v) is 6.76. The zero-order chi connectivity index (χ0) is 37.1. The number of hydrogen-bond acceptors (Lipinski definition) is 3. The summed E-state index contributed by atoms with van der Waals surface area (Å²) in [6.07, 6.45) is 56.3. The zero-order valence-corrected chi connectivity index (χ0v) is 34.2. The predicted molar refractivity (Wildman–Crippen MR) is 222 cm³/mol. The summed E-state index contributed by atoms with van der Waals surface area (Å²) in [5.74, 6) is -0.780. The molecule has 0 aliphatic heterocycles. The van der Waals surface area contributed by atoms with E-state index in [-0.39, 0.29) is 18.5 Å². The molecule has 1 unspecified atom stereocenters. The van der Waals surface area contributed by atoms with E-state index in [1.807, 2.05) is 0 Å². The first-order valence-corrected chi connectivity index (χ1v) is 22.5. The SMILES string of the molecule is CCCCC/C=C\C/C=C\C/C=C\C(CCCCCCCC(=O)O)OC(=O)CCCCCCCCCCCCCCCCCCCCCCCC. The highest BCUT2D eigenvalue weighted by atomic mass is 16.5. The monoisotopic (exact) mass is 715 g/mol. The van der Waals surface area contributed by atoms with Gasteiger partial charge in [-0.2, -0.15) is 0 Å². The first-order chi connectivity index (χ1) is 25.1. The number of carbonyl (C=O) groups excluding carboxylic acids is 1. The van der Waals surface area contributed by atoms with Gasteiger partial charge in [-0.25, -0.2) is 0 Å².